The molecule has 0 aliphatic heterocycles. The van der Waals surface area contributed by atoms with Gasteiger partial charge in [0.2, 0.25) is 0 Å². The second-order valence-corrected chi connectivity index (χ2v) is 5.14. The SMILES string of the molecule is CCN(CC)C(C)(CC)C(N)c1cccc(OC)c1. The van der Waals surface area contributed by atoms with Crippen molar-refractivity contribution in [1.82, 2.24) is 4.90 Å². The molecular formula is C16H28N2O. The van der Waals surface area contributed by atoms with Crippen LogP contribution in [-0.2, 0) is 0 Å². The molecule has 0 aliphatic rings. The summed E-state index contributed by atoms with van der Waals surface area (Å²) in [4.78, 5) is 2.44. The summed E-state index contributed by atoms with van der Waals surface area (Å²) in [5.41, 5.74) is 7.67. The van der Waals surface area contributed by atoms with Crippen molar-refractivity contribution in [3.05, 3.63) is 29.8 Å². The van der Waals surface area contributed by atoms with Gasteiger partial charge in [-0.2, -0.15) is 0 Å². The maximum atomic E-state index is 6.56. The van der Waals surface area contributed by atoms with Crippen molar-refractivity contribution in [2.45, 2.75) is 45.7 Å². The van der Waals surface area contributed by atoms with Gasteiger partial charge in [0.05, 0.1) is 7.11 Å². The summed E-state index contributed by atoms with van der Waals surface area (Å²) < 4.78 is 5.30. The van der Waals surface area contributed by atoms with Gasteiger partial charge in [0, 0.05) is 11.6 Å². The van der Waals surface area contributed by atoms with E-state index in [0.717, 1.165) is 30.8 Å². The number of hydrogen-bond donors (Lipinski definition) is 1. The number of hydrogen-bond acceptors (Lipinski definition) is 3. The van der Waals surface area contributed by atoms with Gasteiger partial charge in [-0.3, -0.25) is 4.90 Å². The van der Waals surface area contributed by atoms with E-state index in [1.807, 2.05) is 18.2 Å². The largest absolute Gasteiger partial charge is 0.497 e. The minimum absolute atomic E-state index is 0.0208. The molecule has 0 fully saturated rings. The Labute approximate surface area is 117 Å². The highest BCUT2D eigenvalue weighted by atomic mass is 16.5. The van der Waals surface area contributed by atoms with Gasteiger partial charge in [-0.1, -0.05) is 32.9 Å². The first kappa shape index (κ1) is 16.0. The molecule has 1 rings (SSSR count). The molecule has 0 saturated carbocycles. The van der Waals surface area contributed by atoms with Gasteiger partial charge in [-0.25, -0.2) is 0 Å². The predicted octanol–water partition coefficient (Wildman–Crippen LogP) is 3.21. The van der Waals surface area contributed by atoms with E-state index in [2.05, 4.69) is 38.7 Å². The van der Waals surface area contributed by atoms with E-state index in [0.29, 0.717) is 0 Å². The van der Waals surface area contributed by atoms with Crippen LogP contribution in [0.15, 0.2) is 24.3 Å². The van der Waals surface area contributed by atoms with Crippen LogP contribution in [0.1, 0.15) is 45.7 Å². The molecule has 1 aromatic rings. The molecule has 1 aromatic carbocycles. The summed E-state index contributed by atoms with van der Waals surface area (Å²) in [6, 6.07) is 8.07. The standard InChI is InChI=1S/C16H28N2O/c1-6-16(4,18(7-2)8-3)15(17)13-10-9-11-14(12-13)19-5/h9-12,15H,6-8,17H2,1-5H3. The molecule has 2 unspecified atom stereocenters. The summed E-state index contributed by atoms with van der Waals surface area (Å²) in [6.07, 6.45) is 1.02. The van der Waals surface area contributed by atoms with Crippen LogP contribution in [0.4, 0.5) is 0 Å². The van der Waals surface area contributed by atoms with E-state index < -0.39 is 0 Å². The van der Waals surface area contributed by atoms with E-state index in [1.54, 1.807) is 7.11 Å². The van der Waals surface area contributed by atoms with Crippen molar-refractivity contribution in [2.24, 2.45) is 5.73 Å². The van der Waals surface area contributed by atoms with Gasteiger partial charge in [0.15, 0.2) is 0 Å². The number of rotatable bonds is 7. The Kier molecular flexibility index (Phi) is 5.83. The number of ether oxygens (including phenoxy) is 1. The lowest BCUT2D eigenvalue weighted by Gasteiger charge is -2.44. The minimum atomic E-state index is -0.0319. The fourth-order valence-corrected chi connectivity index (χ4v) is 2.78. The fraction of sp³-hybridized carbons (Fsp3) is 0.625. The highest BCUT2D eigenvalue weighted by Gasteiger charge is 2.35. The molecule has 0 heterocycles. The summed E-state index contributed by atoms with van der Waals surface area (Å²) >= 11 is 0. The average molecular weight is 264 g/mol. The Balaban J connectivity index is 3.09. The van der Waals surface area contributed by atoms with Gasteiger partial charge in [-0.05, 0) is 44.1 Å². The van der Waals surface area contributed by atoms with E-state index in [1.165, 1.54) is 0 Å². The van der Waals surface area contributed by atoms with E-state index in [4.69, 9.17) is 10.5 Å². The Morgan fingerprint density at radius 1 is 1.26 bits per heavy atom. The zero-order chi connectivity index (χ0) is 14.5. The highest BCUT2D eigenvalue weighted by Crippen LogP contribution is 2.33. The summed E-state index contributed by atoms with van der Waals surface area (Å²) in [7, 11) is 1.69. The van der Waals surface area contributed by atoms with Crippen LogP contribution in [0.25, 0.3) is 0 Å². The molecule has 3 nitrogen and oxygen atoms in total. The maximum absolute atomic E-state index is 6.56. The normalized spacial score (nSPS) is 16.2. The third-order valence-electron chi connectivity index (χ3n) is 4.32. The number of methoxy groups -OCH3 is 1. The lowest BCUT2D eigenvalue weighted by molar-refractivity contribution is 0.0844. The van der Waals surface area contributed by atoms with Crippen LogP contribution < -0.4 is 10.5 Å². The quantitative estimate of drug-likeness (QED) is 0.822. The topological polar surface area (TPSA) is 38.5 Å². The second kappa shape index (κ2) is 6.92. The summed E-state index contributed by atoms with van der Waals surface area (Å²) in [5, 5.41) is 0. The van der Waals surface area contributed by atoms with Crippen molar-refractivity contribution in [3.8, 4) is 5.75 Å². The van der Waals surface area contributed by atoms with E-state index in [-0.39, 0.29) is 11.6 Å². The second-order valence-electron chi connectivity index (χ2n) is 5.14. The third-order valence-corrected chi connectivity index (χ3v) is 4.32. The van der Waals surface area contributed by atoms with Gasteiger partial charge in [0.1, 0.15) is 5.75 Å². The number of benzene rings is 1. The molecule has 0 bridgehead atoms. The zero-order valence-corrected chi connectivity index (χ0v) is 12.9. The Hall–Kier alpha value is -1.06. The van der Waals surface area contributed by atoms with Crippen molar-refractivity contribution in [1.29, 1.82) is 0 Å². The molecule has 108 valence electrons. The molecule has 0 aliphatic carbocycles. The summed E-state index contributed by atoms with van der Waals surface area (Å²) in [5.74, 6) is 0.867. The summed E-state index contributed by atoms with van der Waals surface area (Å²) in [6.45, 7) is 10.9. The number of nitrogens with two attached hydrogens (primary N) is 1. The van der Waals surface area contributed by atoms with Gasteiger partial charge < -0.3 is 10.5 Å². The first-order chi connectivity index (χ1) is 9.03. The Bertz CT molecular complexity index is 390. The van der Waals surface area contributed by atoms with Gasteiger partial charge in [0.25, 0.3) is 0 Å². The molecular weight excluding hydrogens is 236 g/mol. The third kappa shape index (κ3) is 3.28. The van der Waals surface area contributed by atoms with Gasteiger partial charge >= 0.3 is 0 Å². The van der Waals surface area contributed by atoms with Crippen molar-refractivity contribution in [2.75, 3.05) is 20.2 Å². The van der Waals surface area contributed by atoms with Crippen LogP contribution in [0.3, 0.4) is 0 Å². The van der Waals surface area contributed by atoms with Crippen LogP contribution >= 0.6 is 0 Å². The van der Waals surface area contributed by atoms with Crippen molar-refractivity contribution in [3.63, 3.8) is 0 Å². The molecule has 3 heteroatoms. The fourth-order valence-electron chi connectivity index (χ4n) is 2.78. The molecule has 0 radical (unpaired) electrons. The monoisotopic (exact) mass is 264 g/mol. The van der Waals surface area contributed by atoms with Crippen LogP contribution in [0.5, 0.6) is 5.75 Å². The van der Waals surface area contributed by atoms with E-state index in [9.17, 15) is 0 Å². The molecule has 0 amide bonds. The highest BCUT2D eigenvalue weighted by molar-refractivity contribution is 5.32. The molecule has 0 aromatic heterocycles. The van der Waals surface area contributed by atoms with Crippen LogP contribution in [0, 0.1) is 0 Å². The minimum Gasteiger partial charge on any atom is -0.497 e. The number of likely N-dealkylation sites (N-methyl/N-ethyl adjacent to an activating group) is 1. The van der Waals surface area contributed by atoms with Crippen molar-refractivity contribution < 1.29 is 4.74 Å². The first-order valence-electron chi connectivity index (χ1n) is 7.18. The molecule has 2 N–H and O–H groups in total. The van der Waals surface area contributed by atoms with Gasteiger partial charge in [-0.15, -0.1) is 0 Å². The van der Waals surface area contributed by atoms with E-state index >= 15 is 0 Å². The molecule has 0 saturated heterocycles. The Morgan fingerprint density at radius 2 is 1.89 bits per heavy atom. The molecule has 0 spiro atoms. The van der Waals surface area contributed by atoms with Crippen LogP contribution in [0.2, 0.25) is 0 Å². The lowest BCUT2D eigenvalue weighted by atomic mass is 9.83. The average Bonchev–Trinajstić information content (AvgIpc) is 2.47. The Morgan fingerprint density at radius 3 is 2.37 bits per heavy atom. The molecule has 2 atom stereocenters. The number of nitrogens with zero attached hydrogens (tertiary/aromatic N) is 1. The maximum Gasteiger partial charge on any atom is 0.119 e. The first-order valence-corrected chi connectivity index (χ1v) is 7.18. The van der Waals surface area contributed by atoms with Crippen LogP contribution in [-0.4, -0.2) is 30.6 Å². The molecule has 19 heavy (non-hydrogen) atoms. The lowest BCUT2D eigenvalue weighted by Crippen LogP contribution is -2.52. The smallest absolute Gasteiger partial charge is 0.119 e. The van der Waals surface area contributed by atoms with Crippen molar-refractivity contribution >= 4 is 0 Å². The zero-order valence-electron chi connectivity index (χ0n) is 12.9. The predicted molar refractivity (Wildman–Crippen MR) is 81.5 cm³/mol.